The lowest BCUT2D eigenvalue weighted by molar-refractivity contribution is -0.142. The summed E-state index contributed by atoms with van der Waals surface area (Å²) in [6.45, 7) is 1.66. The largest absolute Gasteiger partial charge is 0.468 e. The summed E-state index contributed by atoms with van der Waals surface area (Å²) in [5, 5.41) is 8.74. The van der Waals surface area contributed by atoms with Crippen LogP contribution in [0.5, 0.6) is 0 Å². The third-order valence-electron chi connectivity index (χ3n) is 2.46. The molecule has 19 heavy (non-hydrogen) atoms. The maximum atomic E-state index is 12.1. The second-order valence-electron chi connectivity index (χ2n) is 3.74. The third-order valence-corrected chi connectivity index (χ3v) is 3.93. The Hall–Kier alpha value is -1.91. The molecule has 0 heterocycles. The zero-order valence-electron chi connectivity index (χ0n) is 10.6. The smallest absolute Gasteiger partial charge is 0.323 e. The van der Waals surface area contributed by atoms with Gasteiger partial charge in [-0.15, -0.1) is 0 Å². The monoisotopic (exact) mass is 282 g/mol. The van der Waals surface area contributed by atoms with E-state index in [2.05, 4.69) is 9.46 Å². The molecule has 1 aromatic rings. The Bertz CT molecular complexity index is 604. The topological polar surface area (TPSA) is 96.3 Å². The van der Waals surface area contributed by atoms with Gasteiger partial charge in [0.2, 0.25) is 10.0 Å². The summed E-state index contributed by atoms with van der Waals surface area (Å²) in [4.78, 5) is 11.3. The molecule has 0 saturated heterocycles. The number of esters is 1. The van der Waals surface area contributed by atoms with Crippen molar-refractivity contribution in [1.82, 2.24) is 4.72 Å². The summed E-state index contributed by atoms with van der Waals surface area (Å²) in [6.07, 6.45) is 0.268. The average Bonchev–Trinajstić information content (AvgIpc) is 2.44. The van der Waals surface area contributed by atoms with Gasteiger partial charge in [0, 0.05) is 0 Å². The maximum absolute atomic E-state index is 12.1. The zero-order chi connectivity index (χ0) is 14.5. The van der Waals surface area contributed by atoms with Crippen molar-refractivity contribution in [3.8, 4) is 6.07 Å². The van der Waals surface area contributed by atoms with E-state index in [1.54, 1.807) is 6.92 Å². The highest BCUT2D eigenvalue weighted by atomic mass is 32.2. The molecule has 0 spiro atoms. The molecule has 1 atom stereocenters. The molecule has 102 valence electrons. The SMILES string of the molecule is CCC(NS(=O)(=O)c1cccc(C#N)c1)C(=O)OC. The van der Waals surface area contributed by atoms with Gasteiger partial charge in [0.25, 0.3) is 0 Å². The van der Waals surface area contributed by atoms with Crippen LogP contribution in [0.3, 0.4) is 0 Å². The summed E-state index contributed by atoms with van der Waals surface area (Å²) in [7, 11) is -2.67. The fourth-order valence-electron chi connectivity index (χ4n) is 1.43. The number of ether oxygens (including phenoxy) is 1. The first-order chi connectivity index (χ1) is 8.94. The Morgan fingerprint density at radius 2 is 2.21 bits per heavy atom. The Morgan fingerprint density at radius 1 is 1.53 bits per heavy atom. The van der Waals surface area contributed by atoms with Gasteiger partial charge in [-0.1, -0.05) is 13.0 Å². The van der Waals surface area contributed by atoms with E-state index in [-0.39, 0.29) is 16.9 Å². The van der Waals surface area contributed by atoms with Crippen LogP contribution in [-0.2, 0) is 19.6 Å². The minimum absolute atomic E-state index is 0.0612. The molecule has 0 saturated carbocycles. The number of benzene rings is 1. The van der Waals surface area contributed by atoms with Gasteiger partial charge in [0.1, 0.15) is 6.04 Å². The minimum atomic E-state index is -3.86. The van der Waals surface area contributed by atoms with E-state index in [9.17, 15) is 13.2 Å². The number of rotatable bonds is 5. The summed E-state index contributed by atoms with van der Waals surface area (Å²) >= 11 is 0. The van der Waals surface area contributed by atoms with Crippen molar-refractivity contribution < 1.29 is 17.9 Å². The van der Waals surface area contributed by atoms with Crippen LogP contribution in [0.25, 0.3) is 0 Å². The van der Waals surface area contributed by atoms with Gasteiger partial charge in [-0.2, -0.15) is 9.98 Å². The Morgan fingerprint density at radius 3 is 2.74 bits per heavy atom. The van der Waals surface area contributed by atoms with Gasteiger partial charge in [-0.05, 0) is 24.6 Å². The van der Waals surface area contributed by atoms with Gasteiger partial charge in [-0.25, -0.2) is 8.42 Å². The van der Waals surface area contributed by atoms with Gasteiger partial charge in [-0.3, -0.25) is 4.79 Å². The lowest BCUT2D eigenvalue weighted by Crippen LogP contribution is -2.40. The molecule has 0 fully saturated rings. The van der Waals surface area contributed by atoms with Gasteiger partial charge in [0.15, 0.2) is 0 Å². The molecule has 0 bridgehead atoms. The Labute approximate surface area is 112 Å². The molecule has 1 unspecified atom stereocenters. The van der Waals surface area contributed by atoms with Crippen LogP contribution >= 0.6 is 0 Å². The summed E-state index contributed by atoms with van der Waals surface area (Å²) in [5.41, 5.74) is 0.231. The fourth-order valence-corrected chi connectivity index (χ4v) is 2.74. The van der Waals surface area contributed by atoms with E-state index in [4.69, 9.17) is 5.26 Å². The molecular formula is C12H14N2O4S. The molecular weight excluding hydrogens is 268 g/mol. The van der Waals surface area contributed by atoms with Gasteiger partial charge < -0.3 is 4.74 Å². The van der Waals surface area contributed by atoms with Gasteiger partial charge in [0.05, 0.1) is 23.6 Å². The summed E-state index contributed by atoms with van der Waals surface area (Å²) < 4.78 is 30.9. The number of methoxy groups -OCH3 is 1. The van der Waals surface area contributed by atoms with Crippen LogP contribution in [0.4, 0.5) is 0 Å². The zero-order valence-corrected chi connectivity index (χ0v) is 11.4. The number of nitriles is 1. The maximum Gasteiger partial charge on any atom is 0.323 e. The molecule has 0 aliphatic rings. The number of nitrogens with one attached hydrogen (secondary N) is 1. The number of hydrogen-bond acceptors (Lipinski definition) is 5. The van der Waals surface area contributed by atoms with Crippen LogP contribution < -0.4 is 4.72 Å². The number of hydrogen-bond donors (Lipinski definition) is 1. The normalized spacial score (nSPS) is 12.5. The second kappa shape index (κ2) is 6.31. The van der Waals surface area contributed by atoms with Crippen LogP contribution in [0.15, 0.2) is 29.2 Å². The molecule has 1 aromatic carbocycles. The van der Waals surface area contributed by atoms with Crippen molar-refractivity contribution in [2.75, 3.05) is 7.11 Å². The van der Waals surface area contributed by atoms with Crippen molar-refractivity contribution in [3.05, 3.63) is 29.8 Å². The van der Waals surface area contributed by atoms with Crippen molar-refractivity contribution in [2.45, 2.75) is 24.3 Å². The predicted molar refractivity (Wildman–Crippen MR) is 67.6 cm³/mol. The molecule has 1 N–H and O–H groups in total. The van der Waals surface area contributed by atoms with E-state index in [1.807, 2.05) is 6.07 Å². The fraction of sp³-hybridized carbons (Fsp3) is 0.333. The van der Waals surface area contributed by atoms with Crippen LogP contribution in [0.2, 0.25) is 0 Å². The van der Waals surface area contributed by atoms with E-state index < -0.39 is 22.0 Å². The third kappa shape index (κ3) is 3.77. The summed E-state index contributed by atoms with van der Waals surface area (Å²) in [6, 6.07) is 6.47. The number of carbonyl (C=O) groups is 1. The molecule has 0 aromatic heterocycles. The lowest BCUT2D eigenvalue weighted by Gasteiger charge is -2.14. The average molecular weight is 282 g/mol. The quantitative estimate of drug-likeness (QED) is 0.805. The van der Waals surface area contributed by atoms with Gasteiger partial charge >= 0.3 is 5.97 Å². The molecule has 0 aliphatic carbocycles. The van der Waals surface area contributed by atoms with Crippen molar-refractivity contribution in [1.29, 1.82) is 5.26 Å². The van der Waals surface area contributed by atoms with Crippen LogP contribution in [0.1, 0.15) is 18.9 Å². The highest BCUT2D eigenvalue weighted by molar-refractivity contribution is 7.89. The van der Waals surface area contributed by atoms with Crippen molar-refractivity contribution >= 4 is 16.0 Å². The van der Waals surface area contributed by atoms with Crippen LogP contribution in [0, 0.1) is 11.3 Å². The number of sulfonamides is 1. The summed E-state index contributed by atoms with van der Waals surface area (Å²) in [5.74, 6) is -0.650. The number of nitrogens with zero attached hydrogens (tertiary/aromatic N) is 1. The minimum Gasteiger partial charge on any atom is -0.468 e. The first-order valence-corrected chi connectivity index (χ1v) is 7.03. The Balaban J connectivity index is 3.04. The highest BCUT2D eigenvalue weighted by Gasteiger charge is 2.24. The standard InChI is InChI=1S/C12H14N2O4S/c1-3-11(12(15)18-2)14-19(16,17)10-6-4-5-9(7-10)8-13/h4-7,11,14H,3H2,1-2H3. The second-order valence-corrected chi connectivity index (χ2v) is 5.46. The number of carbonyl (C=O) groups excluding carboxylic acids is 1. The highest BCUT2D eigenvalue weighted by Crippen LogP contribution is 2.12. The molecule has 0 amide bonds. The van der Waals surface area contributed by atoms with E-state index in [0.717, 1.165) is 0 Å². The van der Waals surface area contributed by atoms with E-state index >= 15 is 0 Å². The molecule has 1 rings (SSSR count). The van der Waals surface area contributed by atoms with E-state index in [0.29, 0.717) is 0 Å². The molecule has 7 heteroatoms. The van der Waals surface area contributed by atoms with Crippen molar-refractivity contribution in [2.24, 2.45) is 0 Å². The van der Waals surface area contributed by atoms with E-state index in [1.165, 1.54) is 31.4 Å². The Kier molecular flexibility index (Phi) is 5.03. The van der Waals surface area contributed by atoms with Crippen molar-refractivity contribution in [3.63, 3.8) is 0 Å². The molecule has 0 radical (unpaired) electrons. The first-order valence-electron chi connectivity index (χ1n) is 5.55. The van der Waals surface area contributed by atoms with Crippen LogP contribution in [-0.4, -0.2) is 27.5 Å². The first kappa shape index (κ1) is 15.1. The lowest BCUT2D eigenvalue weighted by atomic mass is 10.2. The molecule has 6 nitrogen and oxygen atoms in total. The molecule has 0 aliphatic heterocycles. The predicted octanol–water partition coefficient (Wildman–Crippen LogP) is 0.788.